The van der Waals surface area contributed by atoms with Gasteiger partial charge in [0, 0.05) is 12.8 Å². The molecule has 1 aliphatic carbocycles. The molecule has 0 aromatic heterocycles. The lowest BCUT2D eigenvalue weighted by Gasteiger charge is -2.32. The molecule has 0 radical (unpaired) electrons. The molecule has 0 amide bonds. The molecule has 0 unspecified atom stereocenters. The number of halogens is 1. The van der Waals surface area contributed by atoms with E-state index in [-0.39, 0.29) is 3.51 Å². The normalized spacial score (nSPS) is 18.3. The highest BCUT2D eigenvalue weighted by molar-refractivity contribution is 14.2. The van der Waals surface area contributed by atoms with Gasteiger partial charge in [0.05, 0.1) is 3.57 Å². The number of hydrogen-bond acceptors (Lipinski definition) is 5. The van der Waals surface area contributed by atoms with Crippen molar-refractivity contribution in [2.45, 2.75) is 38.1 Å². The van der Waals surface area contributed by atoms with E-state index in [0.717, 1.165) is 22.0 Å². The summed E-state index contributed by atoms with van der Waals surface area (Å²) in [7, 11) is 0. The number of rotatable bonds is 4. The van der Waals surface area contributed by atoms with Crippen molar-refractivity contribution in [3.8, 4) is 5.75 Å². The summed E-state index contributed by atoms with van der Waals surface area (Å²) in [5.74, 6) is -1.40. The molecule has 1 saturated heterocycles. The SMILES string of the molecule is O=C1OC2(CCCC2)OC(=O)C1=Ic1ccccc1OCc1ccccc1. The van der Waals surface area contributed by atoms with Gasteiger partial charge >= 0.3 is 11.9 Å². The van der Waals surface area contributed by atoms with E-state index in [0.29, 0.717) is 25.2 Å². The van der Waals surface area contributed by atoms with E-state index in [9.17, 15) is 9.59 Å². The summed E-state index contributed by atoms with van der Waals surface area (Å²) in [5, 5.41) is 0. The zero-order valence-corrected chi connectivity index (χ0v) is 16.8. The van der Waals surface area contributed by atoms with E-state index >= 15 is 0 Å². The average molecular weight is 478 g/mol. The fraction of sp³-hybridized carbons (Fsp3) is 0.286. The van der Waals surface area contributed by atoms with Crippen LogP contribution in [0.3, 0.4) is 0 Å². The van der Waals surface area contributed by atoms with Crippen molar-refractivity contribution in [2.75, 3.05) is 0 Å². The lowest BCUT2D eigenvalue weighted by molar-refractivity contribution is -0.224. The molecule has 4 rings (SSSR count). The lowest BCUT2D eigenvalue weighted by atomic mass is 10.2. The summed E-state index contributed by atoms with van der Waals surface area (Å²) >= 11 is -1.07. The van der Waals surface area contributed by atoms with Gasteiger partial charge < -0.3 is 14.2 Å². The Labute approximate surface area is 167 Å². The van der Waals surface area contributed by atoms with Gasteiger partial charge in [-0.05, 0) is 30.5 Å². The van der Waals surface area contributed by atoms with Crippen LogP contribution in [-0.2, 0) is 25.7 Å². The van der Waals surface area contributed by atoms with Crippen molar-refractivity contribution in [2.24, 2.45) is 0 Å². The number of carbonyl (C=O) groups is 2. The number of benzene rings is 2. The minimum atomic E-state index is -1.07. The first-order valence-electron chi connectivity index (χ1n) is 8.89. The topological polar surface area (TPSA) is 61.8 Å². The fourth-order valence-corrected chi connectivity index (χ4v) is 5.43. The third-order valence-electron chi connectivity index (χ3n) is 4.55. The van der Waals surface area contributed by atoms with E-state index in [1.54, 1.807) is 0 Å². The first-order valence-corrected chi connectivity index (χ1v) is 11.1. The maximum atomic E-state index is 12.5. The van der Waals surface area contributed by atoms with Crippen molar-refractivity contribution in [1.82, 2.24) is 0 Å². The third-order valence-corrected chi connectivity index (χ3v) is 7.44. The van der Waals surface area contributed by atoms with Gasteiger partial charge in [-0.25, -0.2) is 9.59 Å². The van der Waals surface area contributed by atoms with Gasteiger partial charge in [0.25, 0.3) is 5.79 Å². The molecule has 1 aliphatic heterocycles. The molecule has 0 atom stereocenters. The van der Waals surface area contributed by atoms with Crippen LogP contribution in [0, 0.1) is 3.57 Å². The maximum Gasteiger partial charge on any atom is 0.354 e. The van der Waals surface area contributed by atoms with Crippen LogP contribution < -0.4 is 4.74 Å². The fourth-order valence-electron chi connectivity index (χ4n) is 3.20. The molecule has 1 saturated carbocycles. The van der Waals surface area contributed by atoms with Gasteiger partial charge in [0.1, 0.15) is 12.4 Å². The lowest BCUT2D eigenvalue weighted by Crippen LogP contribution is -2.48. The van der Waals surface area contributed by atoms with Crippen LogP contribution >= 0.6 is 20.7 Å². The standard InChI is InChI=1S/C21H19IO5/c23-19-18(20(24)27-21(26-19)12-6-7-13-21)22-16-10-4-5-11-17(16)25-14-15-8-2-1-3-9-15/h1-5,8-11H,6-7,12-14H2. The highest BCUT2D eigenvalue weighted by atomic mass is 127. The van der Waals surface area contributed by atoms with Crippen molar-refractivity contribution in [3.63, 3.8) is 0 Å². The second kappa shape index (κ2) is 7.80. The Hall–Kier alpha value is -2.22. The van der Waals surface area contributed by atoms with E-state index < -0.39 is 38.5 Å². The summed E-state index contributed by atoms with van der Waals surface area (Å²) < 4.78 is 18.0. The predicted octanol–water partition coefficient (Wildman–Crippen LogP) is 3.95. The Bertz CT molecular complexity index is 862. The Morgan fingerprint density at radius 3 is 2.22 bits per heavy atom. The van der Waals surface area contributed by atoms with Gasteiger partial charge in [-0.15, -0.1) is 0 Å². The Morgan fingerprint density at radius 2 is 1.52 bits per heavy atom. The molecule has 140 valence electrons. The number of esters is 2. The van der Waals surface area contributed by atoms with Gasteiger partial charge in [0.2, 0.25) is 0 Å². The third kappa shape index (κ3) is 4.05. The highest BCUT2D eigenvalue weighted by Gasteiger charge is 2.48. The Morgan fingerprint density at radius 1 is 0.889 bits per heavy atom. The molecule has 1 spiro atoms. The molecule has 1 heterocycles. The monoisotopic (exact) mass is 478 g/mol. The smallest absolute Gasteiger partial charge is 0.354 e. The molecule has 2 aromatic rings. The number of para-hydroxylation sites is 1. The second-order valence-electron chi connectivity index (χ2n) is 6.51. The minimum Gasteiger partial charge on any atom is -0.488 e. The molecule has 27 heavy (non-hydrogen) atoms. The highest BCUT2D eigenvalue weighted by Crippen LogP contribution is 2.38. The van der Waals surface area contributed by atoms with Crippen molar-refractivity contribution >= 4 is 36.2 Å². The predicted molar refractivity (Wildman–Crippen MR) is 108 cm³/mol. The first-order chi connectivity index (χ1) is 13.2. The van der Waals surface area contributed by atoms with Crippen LogP contribution in [0.1, 0.15) is 31.2 Å². The summed E-state index contributed by atoms with van der Waals surface area (Å²) in [6.45, 7) is 0.426. The van der Waals surface area contributed by atoms with E-state index in [2.05, 4.69) is 0 Å². The van der Waals surface area contributed by atoms with E-state index in [1.807, 2.05) is 54.6 Å². The van der Waals surface area contributed by atoms with Gasteiger partial charge in [-0.2, -0.15) is 0 Å². The van der Waals surface area contributed by atoms with Crippen LogP contribution in [-0.4, -0.2) is 21.2 Å². The van der Waals surface area contributed by atoms with Crippen LogP contribution in [0.2, 0.25) is 0 Å². The Balaban J connectivity index is 1.55. The number of hydrogen-bond donors (Lipinski definition) is 0. The molecule has 2 fully saturated rings. The molecular formula is C21H19IO5. The molecule has 0 N–H and O–H groups in total. The Kier molecular flexibility index (Phi) is 5.24. The number of carbonyl (C=O) groups excluding carboxylic acids is 2. The maximum absolute atomic E-state index is 12.5. The largest absolute Gasteiger partial charge is 0.488 e. The van der Waals surface area contributed by atoms with Crippen molar-refractivity contribution in [3.05, 3.63) is 63.7 Å². The molecule has 0 bridgehead atoms. The molecular weight excluding hydrogens is 459 g/mol. The number of ether oxygens (including phenoxy) is 3. The zero-order valence-electron chi connectivity index (χ0n) is 14.7. The first kappa shape index (κ1) is 18.2. The second-order valence-corrected chi connectivity index (χ2v) is 9.29. The molecule has 5 nitrogen and oxygen atoms in total. The quantitative estimate of drug-likeness (QED) is 0.492. The van der Waals surface area contributed by atoms with Gasteiger partial charge in [-0.3, -0.25) is 0 Å². The molecule has 2 aliphatic rings. The van der Waals surface area contributed by atoms with Crippen LogP contribution in [0.4, 0.5) is 0 Å². The minimum absolute atomic E-state index is 0.127. The molecule has 2 aromatic carbocycles. The van der Waals surface area contributed by atoms with Crippen LogP contribution in [0.15, 0.2) is 54.6 Å². The summed E-state index contributed by atoms with van der Waals surface area (Å²) in [6, 6.07) is 17.4. The van der Waals surface area contributed by atoms with E-state index in [1.165, 1.54) is 0 Å². The van der Waals surface area contributed by atoms with Gasteiger partial charge in [0.15, 0.2) is 3.51 Å². The summed E-state index contributed by atoms with van der Waals surface area (Å²) in [4.78, 5) is 25.0. The van der Waals surface area contributed by atoms with Crippen molar-refractivity contribution in [1.29, 1.82) is 0 Å². The molecule has 6 heteroatoms. The summed E-state index contributed by atoms with van der Waals surface area (Å²) in [6.07, 6.45) is 2.99. The zero-order chi connectivity index (χ0) is 18.7. The van der Waals surface area contributed by atoms with E-state index in [4.69, 9.17) is 14.2 Å². The van der Waals surface area contributed by atoms with Gasteiger partial charge in [-0.1, -0.05) is 63.2 Å². The van der Waals surface area contributed by atoms with Crippen LogP contribution in [0.25, 0.3) is 0 Å². The average Bonchev–Trinajstić information content (AvgIpc) is 3.12. The summed E-state index contributed by atoms with van der Waals surface area (Å²) in [5.41, 5.74) is 1.05. The van der Waals surface area contributed by atoms with Crippen LogP contribution in [0.5, 0.6) is 5.75 Å². The van der Waals surface area contributed by atoms with Crippen molar-refractivity contribution < 1.29 is 23.8 Å².